The Labute approximate surface area is 174 Å². The van der Waals surface area contributed by atoms with Crippen LogP contribution in [0.3, 0.4) is 0 Å². The number of benzene rings is 2. The molecule has 2 amide bonds. The quantitative estimate of drug-likeness (QED) is 0.557. The number of ketones is 1. The van der Waals surface area contributed by atoms with Gasteiger partial charge in [0.05, 0.1) is 19.8 Å². The van der Waals surface area contributed by atoms with Crippen LogP contribution in [-0.4, -0.2) is 24.7 Å². The van der Waals surface area contributed by atoms with Gasteiger partial charge in [-0.25, -0.2) is 0 Å². The van der Waals surface area contributed by atoms with Crippen LogP contribution in [0.4, 0.5) is 5.69 Å². The number of Topliss-reactive ketones (excluding diaryl/α,β-unsaturated/α-hetero) is 1. The maximum atomic E-state index is 12.4. The average Bonchev–Trinajstić information content (AvgIpc) is 3.28. The Kier molecular flexibility index (Phi) is 6.64. The molecule has 0 saturated heterocycles. The van der Waals surface area contributed by atoms with E-state index >= 15 is 0 Å². The predicted molar refractivity (Wildman–Crippen MR) is 112 cm³/mol. The van der Waals surface area contributed by atoms with Gasteiger partial charge in [0.15, 0.2) is 11.5 Å². The summed E-state index contributed by atoms with van der Waals surface area (Å²) in [6.07, 6.45) is 1.54. The van der Waals surface area contributed by atoms with Crippen molar-refractivity contribution >= 4 is 23.3 Å². The number of hydrogen-bond donors (Lipinski definition) is 2. The first-order chi connectivity index (χ1) is 14.5. The third kappa shape index (κ3) is 5.35. The molecule has 0 bridgehead atoms. The molecule has 7 heteroatoms. The van der Waals surface area contributed by atoms with Crippen molar-refractivity contribution in [3.63, 3.8) is 0 Å². The van der Waals surface area contributed by atoms with E-state index in [1.807, 2.05) is 12.1 Å². The Bertz CT molecular complexity index is 1040. The van der Waals surface area contributed by atoms with E-state index < -0.39 is 0 Å². The number of anilines is 1. The van der Waals surface area contributed by atoms with Crippen molar-refractivity contribution in [1.29, 1.82) is 0 Å². The second-order valence-corrected chi connectivity index (χ2v) is 6.66. The molecule has 0 aliphatic rings. The largest absolute Gasteiger partial charge is 0.496 e. The van der Waals surface area contributed by atoms with Crippen LogP contribution in [0, 0.1) is 0 Å². The summed E-state index contributed by atoms with van der Waals surface area (Å²) in [5.41, 5.74) is 2.69. The van der Waals surface area contributed by atoms with E-state index in [1.54, 1.807) is 42.5 Å². The van der Waals surface area contributed by atoms with Gasteiger partial charge in [-0.2, -0.15) is 0 Å². The first kappa shape index (κ1) is 20.9. The fourth-order valence-corrected chi connectivity index (χ4v) is 2.88. The van der Waals surface area contributed by atoms with Gasteiger partial charge in [0.2, 0.25) is 5.91 Å². The van der Waals surface area contributed by atoms with Gasteiger partial charge in [-0.3, -0.25) is 14.4 Å². The molecule has 30 heavy (non-hydrogen) atoms. The van der Waals surface area contributed by atoms with Crippen LogP contribution >= 0.6 is 0 Å². The van der Waals surface area contributed by atoms with Gasteiger partial charge in [-0.1, -0.05) is 12.1 Å². The minimum absolute atomic E-state index is 0.0708. The molecule has 0 radical (unpaired) electrons. The molecule has 0 atom stereocenters. The van der Waals surface area contributed by atoms with E-state index in [2.05, 4.69) is 10.6 Å². The van der Waals surface area contributed by atoms with Crippen LogP contribution in [-0.2, 0) is 17.8 Å². The van der Waals surface area contributed by atoms with Crippen molar-refractivity contribution in [3.8, 4) is 5.75 Å². The average molecular weight is 406 g/mol. The second-order valence-electron chi connectivity index (χ2n) is 6.66. The number of rotatable bonds is 8. The van der Waals surface area contributed by atoms with E-state index in [0.717, 1.165) is 5.56 Å². The third-order valence-corrected chi connectivity index (χ3v) is 4.48. The lowest BCUT2D eigenvalue weighted by Gasteiger charge is -2.11. The number of ether oxygens (including phenoxy) is 1. The molecule has 3 rings (SSSR count). The fraction of sp³-hybridized carbons (Fsp3) is 0.174. The van der Waals surface area contributed by atoms with Gasteiger partial charge in [-0.05, 0) is 55.0 Å². The van der Waals surface area contributed by atoms with E-state index in [4.69, 9.17) is 9.15 Å². The minimum atomic E-state index is -0.331. The molecule has 0 aliphatic carbocycles. The van der Waals surface area contributed by atoms with Gasteiger partial charge < -0.3 is 19.8 Å². The summed E-state index contributed by atoms with van der Waals surface area (Å²) >= 11 is 0. The molecule has 2 N–H and O–H groups in total. The Morgan fingerprint density at radius 3 is 2.43 bits per heavy atom. The lowest BCUT2D eigenvalue weighted by Crippen LogP contribution is -2.24. The Hall–Kier alpha value is -3.87. The number of methoxy groups -OCH3 is 1. The number of amides is 2. The molecule has 1 heterocycles. The van der Waals surface area contributed by atoms with Crippen molar-refractivity contribution in [2.24, 2.45) is 0 Å². The van der Waals surface area contributed by atoms with Crippen LogP contribution < -0.4 is 15.4 Å². The standard InChI is InChI=1S/C23H22N2O5/c1-15(26)17-7-10-20(29-2)18(12-17)13-22(27)24-14-16-5-8-19(9-6-16)25-23(28)21-4-3-11-30-21/h3-12H,13-14H2,1-2H3,(H,24,27)(H,25,28). The van der Waals surface area contributed by atoms with E-state index in [-0.39, 0.29) is 29.8 Å². The highest BCUT2D eigenvalue weighted by Crippen LogP contribution is 2.21. The maximum absolute atomic E-state index is 12.4. The monoisotopic (exact) mass is 406 g/mol. The van der Waals surface area contributed by atoms with Crippen molar-refractivity contribution in [2.45, 2.75) is 19.9 Å². The zero-order chi connectivity index (χ0) is 21.5. The molecule has 0 spiro atoms. The summed E-state index contributed by atoms with van der Waals surface area (Å²) in [4.78, 5) is 35.9. The zero-order valence-corrected chi connectivity index (χ0v) is 16.7. The lowest BCUT2D eigenvalue weighted by molar-refractivity contribution is -0.120. The summed E-state index contributed by atoms with van der Waals surface area (Å²) < 4.78 is 10.3. The number of nitrogens with one attached hydrogen (secondary N) is 2. The first-order valence-corrected chi connectivity index (χ1v) is 9.34. The molecule has 1 aromatic heterocycles. The molecular formula is C23H22N2O5. The summed E-state index contributed by atoms with van der Waals surface area (Å²) in [6, 6.07) is 15.4. The predicted octanol–water partition coefficient (Wildman–Crippen LogP) is 3.60. The molecule has 0 aliphatic heterocycles. The highest BCUT2D eigenvalue weighted by Gasteiger charge is 2.12. The van der Waals surface area contributed by atoms with Crippen LogP contribution in [0.1, 0.15) is 39.0 Å². The number of carbonyl (C=O) groups excluding carboxylic acids is 3. The van der Waals surface area contributed by atoms with Gasteiger partial charge in [0, 0.05) is 23.4 Å². The van der Waals surface area contributed by atoms with Gasteiger partial charge in [-0.15, -0.1) is 0 Å². The van der Waals surface area contributed by atoms with Crippen LogP contribution in [0.15, 0.2) is 65.3 Å². The van der Waals surface area contributed by atoms with Crippen LogP contribution in [0.5, 0.6) is 5.75 Å². The number of hydrogen-bond acceptors (Lipinski definition) is 5. The minimum Gasteiger partial charge on any atom is -0.496 e. The number of furan rings is 1. The van der Waals surface area contributed by atoms with Crippen molar-refractivity contribution in [1.82, 2.24) is 5.32 Å². The molecule has 0 saturated carbocycles. The highest BCUT2D eigenvalue weighted by molar-refractivity contribution is 6.02. The van der Waals surface area contributed by atoms with Crippen LogP contribution in [0.25, 0.3) is 0 Å². The summed E-state index contributed by atoms with van der Waals surface area (Å²) in [7, 11) is 1.52. The highest BCUT2D eigenvalue weighted by atomic mass is 16.5. The molecule has 0 unspecified atom stereocenters. The SMILES string of the molecule is COc1ccc(C(C)=O)cc1CC(=O)NCc1ccc(NC(=O)c2ccco2)cc1. The Morgan fingerprint density at radius 2 is 1.80 bits per heavy atom. The Morgan fingerprint density at radius 1 is 1.03 bits per heavy atom. The molecule has 2 aromatic carbocycles. The molecule has 0 fully saturated rings. The summed E-state index contributed by atoms with van der Waals surface area (Å²) in [5.74, 6) is 0.202. The summed E-state index contributed by atoms with van der Waals surface area (Å²) in [5, 5.41) is 5.58. The normalized spacial score (nSPS) is 10.3. The number of carbonyl (C=O) groups is 3. The summed E-state index contributed by atoms with van der Waals surface area (Å²) in [6.45, 7) is 1.81. The molecule has 154 valence electrons. The third-order valence-electron chi connectivity index (χ3n) is 4.48. The molecule has 7 nitrogen and oxygen atoms in total. The van der Waals surface area contributed by atoms with Crippen LogP contribution in [0.2, 0.25) is 0 Å². The first-order valence-electron chi connectivity index (χ1n) is 9.34. The van der Waals surface area contributed by atoms with Crippen molar-refractivity contribution < 1.29 is 23.5 Å². The van der Waals surface area contributed by atoms with Gasteiger partial charge >= 0.3 is 0 Å². The zero-order valence-electron chi connectivity index (χ0n) is 16.7. The van der Waals surface area contributed by atoms with Crippen molar-refractivity contribution in [2.75, 3.05) is 12.4 Å². The molecule has 3 aromatic rings. The molecular weight excluding hydrogens is 384 g/mol. The maximum Gasteiger partial charge on any atom is 0.291 e. The fourth-order valence-electron chi connectivity index (χ4n) is 2.88. The van der Waals surface area contributed by atoms with Crippen molar-refractivity contribution in [3.05, 3.63) is 83.3 Å². The smallest absolute Gasteiger partial charge is 0.291 e. The second kappa shape index (κ2) is 9.56. The van der Waals surface area contributed by atoms with E-state index in [1.165, 1.54) is 20.3 Å². The topological polar surface area (TPSA) is 97.6 Å². The lowest BCUT2D eigenvalue weighted by atomic mass is 10.0. The Balaban J connectivity index is 1.55. The van der Waals surface area contributed by atoms with E-state index in [0.29, 0.717) is 29.1 Å². The van der Waals surface area contributed by atoms with E-state index in [9.17, 15) is 14.4 Å². The van der Waals surface area contributed by atoms with Gasteiger partial charge in [0.25, 0.3) is 5.91 Å². The van der Waals surface area contributed by atoms with Gasteiger partial charge in [0.1, 0.15) is 5.75 Å².